The van der Waals surface area contributed by atoms with Crippen molar-refractivity contribution in [1.82, 2.24) is 0 Å². The van der Waals surface area contributed by atoms with Crippen molar-refractivity contribution in [3.05, 3.63) is 71.8 Å². The molecule has 3 rings (SSSR count). The van der Waals surface area contributed by atoms with Gasteiger partial charge in [0.1, 0.15) is 11.5 Å². The molecule has 2 nitrogen and oxygen atoms in total. The molecule has 0 saturated heterocycles. The minimum atomic E-state index is 0.779. The fourth-order valence-electron chi connectivity index (χ4n) is 2.75. The van der Waals surface area contributed by atoms with Crippen LogP contribution in [0.4, 0.5) is 0 Å². The van der Waals surface area contributed by atoms with E-state index < -0.39 is 0 Å². The van der Waals surface area contributed by atoms with Crippen LogP contribution in [-0.4, -0.2) is 13.7 Å². The average molecular weight is 344 g/mol. The zero-order valence-corrected chi connectivity index (χ0v) is 15.4. The summed E-state index contributed by atoms with van der Waals surface area (Å²) in [5.41, 5.74) is 1.99. The summed E-state index contributed by atoms with van der Waals surface area (Å²) in [5.74, 6) is 8.24. The van der Waals surface area contributed by atoms with Crippen LogP contribution in [0.15, 0.2) is 60.7 Å². The molecule has 0 fully saturated rings. The summed E-state index contributed by atoms with van der Waals surface area (Å²) in [6.45, 7) is 2.97. The molecule has 0 aliphatic heterocycles. The zero-order valence-electron chi connectivity index (χ0n) is 15.4. The van der Waals surface area contributed by atoms with E-state index in [2.05, 4.69) is 37.0 Å². The highest BCUT2D eigenvalue weighted by molar-refractivity contribution is 5.85. The smallest absolute Gasteiger partial charge is 0.119 e. The molecule has 0 aliphatic carbocycles. The molecule has 0 aliphatic rings. The lowest BCUT2D eigenvalue weighted by Crippen LogP contribution is -1.96. The van der Waals surface area contributed by atoms with Crippen molar-refractivity contribution in [1.29, 1.82) is 0 Å². The second kappa shape index (κ2) is 8.97. The summed E-state index contributed by atoms with van der Waals surface area (Å²) >= 11 is 0. The molecule has 0 unspecified atom stereocenters. The molecule has 0 spiro atoms. The lowest BCUT2D eigenvalue weighted by molar-refractivity contribution is 0.306. The molecule has 0 atom stereocenters. The van der Waals surface area contributed by atoms with Gasteiger partial charge in [-0.25, -0.2) is 0 Å². The van der Waals surface area contributed by atoms with E-state index in [-0.39, 0.29) is 0 Å². The normalized spacial score (nSPS) is 10.2. The third kappa shape index (κ3) is 4.80. The quantitative estimate of drug-likeness (QED) is 0.414. The second-order valence-electron chi connectivity index (χ2n) is 6.26. The Morgan fingerprint density at radius 1 is 0.731 bits per heavy atom. The fraction of sp³-hybridized carbons (Fsp3) is 0.250. The van der Waals surface area contributed by atoms with Crippen molar-refractivity contribution in [3.8, 4) is 23.3 Å². The number of unbranched alkanes of at least 4 members (excludes halogenated alkanes) is 2. The van der Waals surface area contributed by atoms with Crippen LogP contribution in [0.1, 0.15) is 37.3 Å². The van der Waals surface area contributed by atoms with E-state index in [1.54, 1.807) is 7.11 Å². The van der Waals surface area contributed by atoms with Crippen molar-refractivity contribution in [2.75, 3.05) is 13.7 Å². The molecule has 0 amide bonds. The molecule has 0 radical (unpaired) electrons. The van der Waals surface area contributed by atoms with Gasteiger partial charge in [-0.3, -0.25) is 0 Å². The molecule has 132 valence electrons. The van der Waals surface area contributed by atoms with Crippen LogP contribution in [-0.2, 0) is 0 Å². The summed E-state index contributed by atoms with van der Waals surface area (Å²) < 4.78 is 11.0. The maximum Gasteiger partial charge on any atom is 0.119 e. The van der Waals surface area contributed by atoms with Crippen LogP contribution < -0.4 is 9.47 Å². The Hall–Kier alpha value is -2.92. The molecule has 26 heavy (non-hydrogen) atoms. The topological polar surface area (TPSA) is 18.5 Å². The van der Waals surface area contributed by atoms with E-state index >= 15 is 0 Å². The summed E-state index contributed by atoms with van der Waals surface area (Å²) in [4.78, 5) is 0. The van der Waals surface area contributed by atoms with Crippen molar-refractivity contribution < 1.29 is 9.47 Å². The van der Waals surface area contributed by atoms with E-state index in [0.29, 0.717) is 0 Å². The van der Waals surface area contributed by atoms with Crippen LogP contribution in [0.3, 0.4) is 0 Å². The lowest BCUT2D eigenvalue weighted by Gasteiger charge is -2.05. The maximum atomic E-state index is 5.73. The zero-order chi connectivity index (χ0) is 18.2. The van der Waals surface area contributed by atoms with Gasteiger partial charge in [0, 0.05) is 11.1 Å². The van der Waals surface area contributed by atoms with Crippen molar-refractivity contribution in [2.24, 2.45) is 0 Å². The van der Waals surface area contributed by atoms with Crippen LogP contribution in [0, 0.1) is 11.8 Å². The number of hydrogen-bond acceptors (Lipinski definition) is 2. The van der Waals surface area contributed by atoms with Gasteiger partial charge in [-0.2, -0.15) is 0 Å². The molecular formula is C24H24O2. The number of ether oxygens (including phenoxy) is 2. The predicted octanol–water partition coefficient (Wildman–Crippen LogP) is 5.82. The highest BCUT2D eigenvalue weighted by Gasteiger charge is 1.98. The first-order valence-corrected chi connectivity index (χ1v) is 9.11. The summed E-state index contributed by atoms with van der Waals surface area (Å²) in [5, 5.41) is 2.31. The van der Waals surface area contributed by atoms with E-state index in [1.165, 1.54) is 12.8 Å². The first kappa shape index (κ1) is 17.9. The number of hydrogen-bond donors (Lipinski definition) is 0. The number of rotatable bonds is 6. The minimum Gasteiger partial charge on any atom is -0.497 e. The summed E-state index contributed by atoms with van der Waals surface area (Å²) in [6.07, 6.45) is 3.52. The van der Waals surface area contributed by atoms with Crippen LogP contribution in [0.5, 0.6) is 11.5 Å². The molecule has 3 aromatic rings. The Balaban J connectivity index is 1.67. The molecule has 2 heteroatoms. The number of fused-ring (bicyclic) bond motifs is 1. The number of methoxy groups -OCH3 is 1. The van der Waals surface area contributed by atoms with Gasteiger partial charge in [0.2, 0.25) is 0 Å². The van der Waals surface area contributed by atoms with Gasteiger partial charge in [0.25, 0.3) is 0 Å². The standard InChI is InChI=1S/C24H24O2/c1-3-4-5-16-26-23-13-9-19(10-14-23)6-7-20-8-11-22-18-24(25-2)15-12-21(22)17-20/h8-15,17-18H,3-5,16H2,1-2H3. The van der Waals surface area contributed by atoms with Gasteiger partial charge in [0.15, 0.2) is 0 Å². The Labute approximate surface area is 155 Å². The highest BCUT2D eigenvalue weighted by atomic mass is 16.5. The molecule has 0 aromatic heterocycles. The largest absolute Gasteiger partial charge is 0.497 e. The van der Waals surface area contributed by atoms with Gasteiger partial charge >= 0.3 is 0 Å². The lowest BCUT2D eigenvalue weighted by atomic mass is 10.1. The molecule has 0 bridgehead atoms. The highest BCUT2D eigenvalue weighted by Crippen LogP contribution is 2.21. The monoisotopic (exact) mass is 344 g/mol. The van der Waals surface area contributed by atoms with Gasteiger partial charge in [-0.15, -0.1) is 0 Å². The minimum absolute atomic E-state index is 0.779. The van der Waals surface area contributed by atoms with E-state index in [1.807, 2.05) is 42.5 Å². The maximum absolute atomic E-state index is 5.73. The molecule has 0 N–H and O–H groups in total. The predicted molar refractivity (Wildman–Crippen MR) is 108 cm³/mol. The van der Waals surface area contributed by atoms with Crippen LogP contribution in [0.2, 0.25) is 0 Å². The van der Waals surface area contributed by atoms with Gasteiger partial charge in [0.05, 0.1) is 13.7 Å². The van der Waals surface area contributed by atoms with Crippen molar-refractivity contribution in [2.45, 2.75) is 26.2 Å². The van der Waals surface area contributed by atoms with E-state index in [9.17, 15) is 0 Å². The van der Waals surface area contributed by atoms with E-state index in [0.717, 1.165) is 46.4 Å². The SMILES string of the molecule is CCCCCOc1ccc(C#Cc2ccc3cc(OC)ccc3c2)cc1. The molecule has 3 aromatic carbocycles. The van der Waals surface area contributed by atoms with Crippen LogP contribution >= 0.6 is 0 Å². The van der Waals surface area contributed by atoms with Crippen molar-refractivity contribution >= 4 is 10.8 Å². The number of benzene rings is 3. The second-order valence-corrected chi connectivity index (χ2v) is 6.26. The third-order valence-electron chi connectivity index (χ3n) is 4.27. The first-order valence-electron chi connectivity index (χ1n) is 9.11. The van der Waals surface area contributed by atoms with Gasteiger partial charge in [-0.05, 0) is 65.7 Å². The third-order valence-corrected chi connectivity index (χ3v) is 4.27. The average Bonchev–Trinajstić information content (AvgIpc) is 2.70. The molecule has 0 saturated carbocycles. The summed E-state index contributed by atoms with van der Waals surface area (Å²) in [7, 11) is 1.68. The Morgan fingerprint density at radius 2 is 1.38 bits per heavy atom. The van der Waals surface area contributed by atoms with Gasteiger partial charge < -0.3 is 9.47 Å². The Bertz CT molecular complexity index is 914. The van der Waals surface area contributed by atoms with Crippen LogP contribution in [0.25, 0.3) is 10.8 Å². The summed E-state index contributed by atoms with van der Waals surface area (Å²) in [6, 6.07) is 20.3. The fourth-order valence-corrected chi connectivity index (χ4v) is 2.75. The Morgan fingerprint density at radius 3 is 2.15 bits per heavy atom. The molecule has 0 heterocycles. The van der Waals surface area contributed by atoms with Crippen molar-refractivity contribution in [3.63, 3.8) is 0 Å². The van der Waals surface area contributed by atoms with Gasteiger partial charge in [-0.1, -0.05) is 43.7 Å². The molecular weight excluding hydrogens is 320 g/mol. The first-order chi connectivity index (χ1) is 12.8. The van der Waals surface area contributed by atoms with E-state index in [4.69, 9.17) is 9.47 Å². The Kier molecular flexibility index (Phi) is 6.17.